The lowest BCUT2D eigenvalue weighted by molar-refractivity contribution is -0.145. The molecule has 4 heteroatoms. The molecule has 0 saturated heterocycles. The van der Waals surface area contributed by atoms with Crippen LogP contribution < -0.4 is 0 Å². The lowest BCUT2D eigenvalue weighted by atomic mass is 10.0. The number of hydrogen-bond acceptors (Lipinski definition) is 4. The normalized spacial score (nSPS) is 11.3. The molecule has 0 fully saturated rings. The molecule has 0 aliphatic carbocycles. The fraction of sp³-hybridized carbons (Fsp3) is 0.960. The Hall–Kier alpha value is -0.610. The van der Waals surface area contributed by atoms with E-state index in [0.29, 0.717) is 32.8 Å². The maximum atomic E-state index is 11.7. The van der Waals surface area contributed by atoms with E-state index < -0.39 is 0 Å². The van der Waals surface area contributed by atoms with Gasteiger partial charge in [-0.15, -0.1) is 0 Å². The molecule has 0 aromatic rings. The van der Waals surface area contributed by atoms with Crippen LogP contribution in [-0.2, 0) is 19.0 Å². The fourth-order valence-electron chi connectivity index (χ4n) is 3.37. The first kappa shape index (κ1) is 28.4. The molecule has 0 heterocycles. The van der Waals surface area contributed by atoms with Crippen LogP contribution in [0.3, 0.4) is 0 Å². The summed E-state index contributed by atoms with van der Waals surface area (Å²) >= 11 is 0. The van der Waals surface area contributed by atoms with Gasteiger partial charge in [0.25, 0.3) is 0 Å². The molecule has 0 aromatic carbocycles. The first-order valence-corrected chi connectivity index (χ1v) is 12.5. The second kappa shape index (κ2) is 23.7. The van der Waals surface area contributed by atoms with Gasteiger partial charge >= 0.3 is 5.97 Å². The van der Waals surface area contributed by atoms with E-state index in [0.717, 1.165) is 12.8 Å². The largest absolute Gasteiger partial charge is 0.463 e. The molecule has 0 amide bonds. The molecule has 4 nitrogen and oxygen atoms in total. The Balaban J connectivity index is 3.14. The van der Waals surface area contributed by atoms with Crippen LogP contribution in [0.4, 0.5) is 0 Å². The number of unbranched alkanes of at least 4 members (excludes halogenated alkanes) is 14. The maximum absolute atomic E-state index is 11.7. The summed E-state index contributed by atoms with van der Waals surface area (Å²) in [6, 6.07) is 0. The average Bonchev–Trinajstić information content (AvgIpc) is 2.70. The first-order chi connectivity index (χ1) is 14.2. The summed E-state index contributed by atoms with van der Waals surface area (Å²) in [5.74, 6) is -0.0956. The van der Waals surface area contributed by atoms with Gasteiger partial charge in [0.15, 0.2) is 0 Å². The summed E-state index contributed by atoms with van der Waals surface area (Å²) in [6.45, 7) is 8.21. The van der Waals surface area contributed by atoms with Gasteiger partial charge in [-0.1, -0.05) is 96.8 Å². The fourth-order valence-corrected chi connectivity index (χ4v) is 3.37. The standard InChI is InChI=1S/C25H50O4/c1-4-5-6-7-8-9-10-11-12-13-14-15-16-17-18-19-25(26)29-23-21-27-20-22-28-24(2)3/h24H,4-23H2,1-3H3. The summed E-state index contributed by atoms with van der Waals surface area (Å²) in [7, 11) is 0. The predicted molar refractivity (Wildman–Crippen MR) is 122 cm³/mol. The number of esters is 1. The minimum absolute atomic E-state index is 0.0956. The molecule has 0 spiro atoms. The summed E-state index contributed by atoms with van der Waals surface area (Å²) < 4.78 is 15.9. The SMILES string of the molecule is CCCCCCCCCCCCCCCCCC(=O)OCCOCCOC(C)C. The monoisotopic (exact) mass is 414 g/mol. The van der Waals surface area contributed by atoms with E-state index in [1.807, 2.05) is 13.8 Å². The molecule has 0 N–H and O–H groups in total. The van der Waals surface area contributed by atoms with Crippen molar-refractivity contribution in [2.24, 2.45) is 0 Å². The molecule has 0 saturated carbocycles. The number of carbonyl (C=O) groups is 1. The molecule has 0 aromatic heterocycles. The van der Waals surface area contributed by atoms with Crippen molar-refractivity contribution >= 4 is 5.97 Å². The summed E-state index contributed by atoms with van der Waals surface area (Å²) in [5.41, 5.74) is 0. The van der Waals surface area contributed by atoms with Gasteiger partial charge in [0.05, 0.1) is 25.9 Å². The Labute approximate surface area is 181 Å². The highest BCUT2D eigenvalue weighted by Gasteiger charge is 2.02. The highest BCUT2D eigenvalue weighted by molar-refractivity contribution is 5.69. The molecule has 174 valence electrons. The Morgan fingerprint density at radius 1 is 0.621 bits per heavy atom. The third-order valence-electron chi connectivity index (χ3n) is 5.15. The maximum Gasteiger partial charge on any atom is 0.305 e. The Morgan fingerprint density at radius 3 is 1.55 bits per heavy atom. The molecule has 0 bridgehead atoms. The topological polar surface area (TPSA) is 44.8 Å². The van der Waals surface area contributed by atoms with Gasteiger partial charge in [-0.05, 0) is 20.3 Å². The average molecular weight is 415 g/mol. The Bertz CT molecular complexity index is 331. The van der Waals surface area contributed by atoms with E-state index in [9.17, 15) is 4.79 Å². The van der Waals surface area contributed by atoms with Crippen molar-refractivity contribution in [3.8, 4) is 0 Å². The minimum Gasteiger partial charge on any atom is -0.463 e. The van der Waals surface area contributed by atoms with E-state index in [1.165, 1.54) is 83.5 Å². The van der Waals surface area contributed by atoms with Gasteiger partial charge in [0, 0.05) is 6.42 Å². The molecule has 0 aliphatic rings. The lowest BCUT2D eigenvalue weighted by Gasteiger charge is -2.08. The van der Waals surface area contributed by atoms with Gasteiger partial charge in [-0.25, -0.2) is 0 Å². The Kier molecular flexibility index (Phi) is 23.2. The zero-order valence-corrected chi connectivity index (χ0v) is 19.9. The van der Waals surface area contributed by atoms with Gasteiger partial charge in [0.1, 0.15) is 6.61 Å². The molecule has 0 atom stereocenters. The first-order valence-electron chi connectivity index (χ1n) is 12.5. The van der Waals surface area contributed by atoms with Crippen molar-refractivity contribution in [3.05, 3.63) is 0 Å². The van der Waals surface area contributed by atoms with Gasteiger partial charge < -0.3 is 14.2 Å². The smallest absolute Gasteiger partial charge is 0.305 e. The lowest BCUT2D eigenvalue weighted by Crippen LogP contribution is -2.14. The predicted octanol–water partition coefficient (Wildman–Crippen LogP) is 7.23. The zero-order chi connectivity index (χ0) is 21.4. The third kappa shape index (κ3) is 25.4. The van der Waals surface area contributed by atoms with Crippen molar-refractivity contribution in [2.45, 2.75) is 130 Å². The summed E-state index contributed by atoms with van der Waals surface area (Å²) in [5, 5.41) is 0. The van der Waals surface area contributed by atoms with E-state index in [4.69, 9.17) is 14.2 Å². The van der Waals surface area contributed by atoms with Crippen LogP contribution in [0, 0.1) is 0 Å². The zero-order valence-electron chi connectivity index (χ0n) is 19.9. The number of hydrogen-bond donors (Lipinski definition) is 0. The van der Waals surface area contributed by atoms with Crippen LogP contribution in [0.15, 0.2) is 0 Å². The number of carbonyl (C=O) groups excluding carboxylic acids is 1. The van der Waals surface area contributed by atoms with E-state index >= 15 is 0 Å². The van der Waals surface area contributed by atoms with Crippen molar-refractivity contribution in [2.75, 3.05) is 26.4 Å². The number of rotatable bonds is 23. The van der Waals surface area contributed by atoms with Gasteiger partial charge in [-0.2, -0.15) is 0 Å². The van der Waals surface area contributed by atoms with E-state index in [2.05, 4.69) is 6.92 Å². The van der Waals surface area contributed by atoms with Crippen molar-refractivity contribution < 1.29 is 19.0 Å². The van der Waals surface area contributed by atoms with Crippen molar-refractivity contribution in [3.63, 3.8) is 0 Å². The van der Waals surface area contributed by atoms with Crippen LogP contribution in [0.25, 0.3) is 0 Å². The Morgan fingerprint density at radius 2 is 1.07 bits per heavy atom. The van der Waals surface area contributed by atoms with Crippen molar-refractivity contribution in [1.29, 1.82) is 0 Å². The second-order valence-corrected chi connectivity index (χ2v) is 8.45. The summed E-state index contributed by atoms with van der Waals surface area (Å²) in [6.07, 6.45) is 20.8. The van der Waals surface area contributed by atoms with Gasteiger partial charge in [0.2, 0.25) is 0 Å². The van der Waals surface area contributed by atoms with E-state index in [-0.39, 0.29) is 12.1 Å². The van der Waals surface area contributed by atoms with Crippen LogP contribution >= 0.6 is 0 Å². The highest BCUT2D eigenvalue weighted by Crippen LogP contribution is 2.13. The van der Waals surface area contributed by atoms with Crippen LogP contribution in [0.1, 0.15) is 124 Å². The highest BCUT2D eigenvalue weighted by atomic mass is 16.6. The van der Waals surface area contributed by atoms with Crippen LogP contribution in [-0.4, -0.2) is 38.5 Å². The summed E-state index contributed by atoms with van der Waals surface area (Å²) in [4.78, 5) is 11.7. The molecule has 0 unspecified atom stereocenters. The molecular weight excluding hydrogens is 364 g/mol. The molecule has 0 radical (unpaired) electrons. The third-order valence-corrected chi connectivity index (χ3v) is 5.15. The van der Waals surface area contributed by atoms with E-state index in [1.54, 1.807) is 0 Å². The number of ether oxygens (including phenoxy) is 3. The van der Waals surface area contributed by atoms with Gasteiger partial charge in [-0.3, -0.25) is 4.79 Å². The van der Waals surface area contributed by atoms with Crippen LogP contribution in [0.2, 0.25) is 0 Å². The molecule has 0 aliphatic heterocycles. The molecular formula is C25H50O4. The van der Waals surface area contributed by atoms with Crippen LogP contribution in [0.5, 0.6) is 0 Å². The van der Waals surface area contributed by atoms with Crippen molar-refractivity contribution in [1.82, 2.24) is 0 Å². The minimum atomic E-state index is -0.0956. The molecule has 29 heavy (non-hydrogen) atoms. The quantitative estimate of drug-likeness (QED) is 0.131. The molecule has 0 rings (SSSR count). The second-order valence-electron chi connectivity index (χ2n) is 8.45.